The zero-order valence-corrected chi connectivity index (χ0v) is 14.7. The Morgan fingerprint density at radius 1 is 1.16 bits per heavy atom. The zero-order valence-electron chi connectivity index (χ0n) is 13.2. The Morgan fingerprint density at radius 2 is 1.88 bits per heavy atom. The summed E-state index contributed by atoms with van der Waals surface area (Å²) in [5.41, 5.74) is 3.20. The molecule has 3 N–H and O–H groups in total. The molecule has 0 heterocycles. The third-order valence-electron chi connectivity index (χ3n) is 3.12. The van der Waals surface area contributed by atoms with Gasteiger partial charge in [0, 0.05) is 10.7 Å². The molecule has 0 aliphatic heterocycles. The van der Waals surface area contributed by atoms with Crippen LogP contribution >= 0.6 is 23.2 Å². The molecule has 0 unspecified atom stereocenters. The second-order valence-electron chi connectivity index (χ2n) is 5.15. The van der Waals surface area contributed by atoms with Gasteiger partial charge in [-0.1, -0.05) is 35.3 Å². The number of phenols is 1. The molecule has 6 nitrogen and oxygen atoms in total. The van der Waals surface area contributed by atoms with Gasteiger partial charge in [0.15, 0.2) is 0 Å². The van der Waals surface area contributed by atoms with E-state index in [1.165, 1.54) is 18.2 Å². The van der Waals surface area contributed by atoms with Crippen LogP contribution in [0.3, 0.4) is 0 Å². The first-order valence-electron chi connectivity index (χ1n) is 7.23. The zero-order chi connectivity index (χ0) is 18.4. The van der Waals surface area contributed by atoms with Crippen LogP contribution < -0.4 is 10.7 Å². The van der Waals surface area contributed by atoms with E-state index in [2.05, 4.69) is 15.8 Å². The minimum Gasteiger partial charge on any atom is -0.507 e. The van der Waals surface area contributed by atoms with E-state index in [4.69, 9.17) is 23.2 Å². The summed E-state index contributed by atoms with van der Waals surface area (Å²) < 4.78 is 0. The number of hydrogen-bond donors (Lipinski definition) is 3. The SMILES string of the molecule is CC(CC(=O)Nc1ccc(Cl)cc1Cl)=NNC(=O)c1ccccc1O. The van der Waals surface area contributed by atoms with Crippen LogP contribution in [0.5, 0.6) is 5.75 Å². The number of aromatic hydroxyl groups is 1. The molecule has 0 aliphatic carbocycles. The first-order valence-corrected chi connectivity index (χ1v) is 7.99. The Morgan fingerprint density at radius 3 is 2.56 bits per heavy atom. The highest BCUT2D eigenvalue weighted by Gasteiger charge is 2.11. The molecule has 2 aromatic rings. The van der Waals surface area contributed by atoms with Crippen LogP contribution in [0, 0.1) is 0 Å². The quantitative estimate of drug-likeness (QED) is 0.544. The second-order valence-corrected chi connectivity index (χ2v) is 6.00. The summed E-state index contributed by atoms with van der Waals surface area (Å²) in [4.78, 5) is 23.9. The monoisotopic (exact) mass is 379 g/mol. The summed E-state index contributed by atoms with van der Waals surface area (Å²) in [6.45, 7) is 1.59. The van der Waals surface area contributed by atoms with E-state index in [0.717, 1.165) is 0 Å². The van der Waals surface area contributed by atoms with Gasteiger partial charge in [-0.25, -0.2) is 5.43 Å². The van der Waals surface area contributed by atoms with E-state index in [1.54, 1.807) is 31.2 Å². The van der Waals surface area contributed by atoms with Crippen molar-refractivity contribution in [2.45, 2.75) is 13.3 Å². The van der Waals surface area contributed by atoms with Gasteiger partial charge in [0.05, 0.1) is 22.7 Å². The van der Waals surface area contributed by atoms with Crippen molar-refractivity contribution in [2.24, 2.45) is 5.10 Å². The summed E-state index contributed by atoms with van der Waals surface area (Å²) in [5.74, 6) is -1.07. The summed E-state index contributed by atoms with van der Waals surface area (Å²) in [6.07, 6.45) is -0.0417. The molecule has 25 heavy (non-hydrogen) atoms. The normalized spacial score (nSPS) is 11.1. The first kappa shape index (κ1) is 18.8. The van der Waals surface area contributed by atoms with Crippen molar-refractivity contribution in [1.82, 2.24) is 5.43 Å². The highest BCUT2D eigenvalue weighted by atomic mass is 35.5. The molecule has 130 valence electrons. The number of benzene rings is 2. The van der Waals surface area contributed by atoms with Crippen molar-refractivity contribution in [3.63, 3.8) is 0 Å². The lowest BCUT2D eigenvalue weighted by atomic mass is 10.2. The van der Waals surface area contributed by atoms with Crippen LogP contribution in [-0.4, -0.2) is 22.6 Å². The van der Waals surface area contributed by atoms with Crippen molar-refractivity contribution in [1.29, 1.82) is 0 Å². The van der Waals surface area contributed by atoms with Gasteiger partial charge in [-0.2, -0.15) is 5.10 Å². The second kappa shape index (κ2) is 8.50. The van der Waals surface area contributed by atoms with Crippen LogP contribution in [-0.2, 0) is 4.79 Å². The molecular weight excluding hydrogens is 365 g/mol. The molecule has 0 saturated heterocycles. The summed E-state index contributed by atoms with van der Waals surface area (Å²) in [5, 5.41) is 16.9. The highest BCUT2D eigenvalue weighted by Crippen LogP contribution is 2.25. The van der Waals surface area contributed by atoms with Gasteiger partial charge < -0.3 is 10.4 Å². The van der Waals surface area contributed by atoms with Crippen LogP contribution in [0.15, 0.2) is 47.6 Å². The van der Waals surface area contributed by atoms with E-state index in [0.29, 0.717) is 21.4 Å². The van der Waals surface area contributed by atoms with Gasteiger partial charge >= 0.3 is 0 Å². The van der Waals surface area contributed by atoms with Crippen LogP contribution in [0.25, 0.3) is 0 Å². The molecule has 0 bridgehead atoms. The number of halogens is 2. The fourth-order valence-electron chi connectivity index (χ4n) is 1.93. The average molecular weight is 380 g/mol. The van der Waals surface area contributed by atoms with Crippen LogP contribution in [0.4, 0.5) is 5.69 Å². The Bertz CT molecular complexity index is 838. The average Bonchev–Trinajstić information content (AvgIpc) is 2.55. The number of phenolic OH excluding ortho intramolecular Hbond substituents is 1. The molecule has 8 heteroatoms. The molecule has 0 saturated carbocycles. The van der Waals surface area contributed by atoms with Crippen LogP contribution in [0.1, 0.15) is 23.7 Å². The minimum atomic E-state index is -0.571. The third-order valence-corrected chi connectivity index (χ3v) is 3.67. The Balaban J connectivity index is 1.93. The van der Waals surface area contributed by atoms with Crippen molar-refractivity contribution in [3.8, 4) is 5.75 Å². The van der Waals surface area contributed by atoms with Crippen LogP contribution in [0.2, 0.25) is 10.0 Å². The van der Waals surface area contributed by atoms with E-state index >= 15 is 0 Å². The molecule has 0 radical (unpaired) electrons. The molecular formula is C17H15Cl2N3O3. The number of hydrogen-bond acceptors (Lipinski definition) is 4. The van der Waals surface area contributed by atoms with Gasteiger partial charge in [-0.3, -0.25) is 9.59 Å². The van der Waals surface area contributed by atoms with E-state index in [9.17, 15) is 14.7 Å². The number of para-hydroxylation sites is 1. The maximum absolute atomic E-state index is 12.0. The maximum atomic E-state index is 12.0. The highest BCUT2D eigenvalue weighted by molar-refractivity contribution is 6.36. The predicted octanol–water partition coefficient (Wildman–Crippen LogP) is 3.83. The summed E-state index contributed by atoms with van der Waals surface area (Å²) in [6, 6.07) is 10.8. The van der Waals surface area contributed by atoms with Crippen molar-refractivity contribution in [3.05, 3.63) is 58.1 Å². The number of rotatable bonds is 5. The Kier molecular flexibility index (Phi) is 6.38. The largest absolute Gasteiger partial charge is 0.507 e. The van der Waals surface area contributed by atoms with Crippen molar-refractivity contribution in [2.75, 3.05) is 5.32 Å². The first-order chi connectivity index (χ1) is 11.9. The molecule has 2 aromatic carbocycles. The molecule has 0 spiro atoms. The summed E-state index contributed by atoms with van der Waals surface area (Å²) >= 11 is 11.8. The third kappa shape index (κ3) is 5.48. The van der Waals surface area contributed by atoms with Crippen molar-refractivity contribution >= 4 is 46.4 Å². The standard InChI is InChI=1S/C17H15Cl2N3O3/c1-10(21-22-17(25)12-4-2-3-5-15(12)23)8-16(24)20-14-7-6-11(18)9-13(14)19/h2-7,9,23H,8H2,1H3,(H,20,24)(H,22,25). The predicted molar refractivity (Wildman–Crippen MR) is 98.4 cm³/mol. The fraction of sp³-hybridized carbons (Fsp3) is 0.118. The van der Waals surface area contributed by atoms with Crippen molar-refractivity contribution < 1.29 is 14.7 Å². The molecule has 0 atom stereocenters. The number of nitrogens with zero attached hydrogens (tertiary/aromatic N) is 1. The molecule has 2 amide bonds. The number of anilines is 1. The van der Waals surface area contributed by atoms with E-state index < -0.39 is 5.91 Å². The van der Waals surface area contributed by atoms with Gasteiger partial charge in [0.25, 0.3) is 5.91 Å². The topological polar surface area (TPSA) is 90.8 Å². The molecule has 2 rings (SSSR count). The number of nitrogens with one attached hydrogen (secondary N) is 2. The lowest BCUT2D eigenvalue weighted by Gasteiger charge is -2.08. The smallest absolute Gasteiger partial charge is 0.275 e. The Hall–Kier alpha value is -2.57. The lowest BCUT2D eigenvalue weighted by Crippen LogP contribution is -2.21. The van der Waals surface area contributed by atoms with Gasteiger partial charge in [0.1, 0.15) is 5.75 Å². The van der Waals surface area contributed by atoms with E-state index in [-0.39, 0.29) is 23.6 Å². The summed E-state index contributed by atoms with van der Waals surface area (Å²) in [7, 11) is 0. The fourth-order valence-corrected chi connectivity index (χ4v) is 2.38. The molecule has 0 fully saturated rings. The maximum Gasteiger partial charge on any atom is 0.275 e. The number of carbonyl (C=O) groups excluding carboxylic acids is 2. The van der Waals surface area contributed by atoms with Gasteiger partial charge in [0.2, 0.25) is 5.91 Å². The molecule has 0 aliphatic rings. The number of amides is 2. The van der Waals surface area contributed by atoms with E-state index in [1.807, 2.05) is 0 Å². The number of hydrazone groups is 1. The Labute approximate surface area is 154 Å². The lowest BCUT2D eigenvalue weighted by molar-refractivity contribution is -0.115. The van der Waals surface area contributed by atoms with Gasteiger partial charge in [-0.15, -0.1) is 0 Å². The minimum absolute atomic E-state index is 0.0417. The molecule has 0 aromatic heterocycles. The number of carbonyl (C=O) groups is 2. The van der Waals surface area contributed by atoms with Gasteiger partial charge in [-0.05, 0) is 37.3 Å².